The van der Waals surface area contributed by atoms with E-state index < -0.39 is 103 Å². The van der Waals surface area contributed by atoms with E-state index in [-0.39, 0.29) is 31.3 Å². The fourth-order valence-corrected chi connectivity index (χ4v) is 8.23. The average molecular weight is 721 g/mol. The van der Waals surface area contributed by atoms with Crippen LogP contribution in [0.25, 0.3) is 6.08 Å². The number of fused-ring (bicyclic) bond motifs is 3. The molecule has 51 heavy (non-hydrogen) atoms. The van der Waals surface area contributed by atoms with E-state index >= 15 is 0 Å². The van der Waals surface area contributed by atoms with Crippen LogP contribution in [-0.2, 0) is 47.5 Å². The number of esters is 2. The molecular formula is C36H48O15. The Morgan fingerprint density at radius 1 is 0.843 bits per heavy atom. The van der Waals surface area contributed by atoms with Crippen LogP contribution in [-0.4, -0.2) is 136 Å². The molecule has 15 heteroatoms. The van der Waals surface area contributed by atoms with Crippen LogP contribution in [0.15, 0.2) is 36.4 Å². The van der Waals surface area contributed by atoms with Gasteiger partial charge in [-0.25, -0.2) is 4.79 Å². The van der Waals surface area contributed by atoms with Gasteiger partial charge in [-0.15, -0.1) is 0 Å². The maximum Gasteiger partial charge on any atom is 0.331 e. The second-order valence-corrected chi connectivity index (χ2v) is 14.8. The zero-order valence-electron chi connectivity index (χ0n) is 28.8. The van der Waals surface area contributed by atoms with E-state index in [2.05, 4.69) is 0 Å². The maximum absolute atomic E-state index is 13.7. The van der Waals surface area contributed by atoms with E-state index in [9.17, 15) is 35.1 Å². The fourth-order valence-electron chi connectivity index (χ4n) is 8.23. The molecule has 17 unspecified atom stereocenters. The van der Waals surface area contributed by atoms with Gasteiger partial charge in [0.05, 0.1) is 37.4 Å². The summed E-state index contributed by atoms with van der Waals surface area (Å²) in [6.07, 6.45) is -10.4. The molecule has 1 saturated carbocycles. The van der Waals surface area contributed by atoms with Crippen LogP contribution < -0.4 is 0 Å². The number of rotatable bonds is 7. The van der Waals surface area contributed by atoms with Gasteiger partial charge in [-0.05, 0) is 44.7 Å². The number of carbonyl (C=O) groups is 2. The summed E-state index contributed by atoms with van der Waals surface area (Å²) in [5.41, 5.74) is 0.148. The monoisotopic (exact) mass is 720 g/mol. The number of hydrogen-bond donors (Lipinski definition) is 5. The van der Waals surface area contributed by atoms with Crippen LogP contribution in [0.1, 0.15) is 52.0 Å². The maximum atomic E-state index is 13.7. The number of epoxide rings is 1. The molecule has 1 aliphatic carbocycles. The van der Waals surface area contributed by atoms with Crippen molar-refractivity contribution in [2.24, 2.45) is 17.8 Å². The number of ether oxygens (including phenoxy) is 8. The van der Waals surface area contributed by atoms with Gasteiger partial charge in [-0.2, -0.15) is 0 Å². The topological polar surface area (TPSA) is 212 Å². The highest BCUT2D eigenvalue weighted by Crippen LogP contribution is 2.62. The Labute approximate surface area is 295 Å². The molecule has 0 radical (unpaired) electrons. The van der Waals surface area contributed by atoms with Gasteiger partial charge in [0.15, 0.2) is 18.0 Å². The van der Waals surface area contributed by atoms with Gasteiger partial charge in [0.25, 0.3) is 0 Å². The summed E-state index contributed by atoms with van der Waals surface area (Å²) < 4.78 is 47.9. The van der Waals surface area contributed by atoms with E-state index in [1.54, 1.807) is 6.08 Å². The first kappa shape index (κ1) is 36.8. The standard InChI is InChI=1S/C36H48O15/c1-17-15-44-36(14-24(17)48-25(37)12-9-20-7-5-4-6-8-20)35(16-45-35)22-11-10-21(13-23(22)51-36)32(43)50-34-31(29(41)27(39)19(3)47-34)49-33-30(42)28(40)26(38)18(2)46-33/h4-9,12,17-19,21-24,26-31,33-34,38-42H,10-11,13-16H2,1-3H3. The van der Waals surface area contributed by atoms with Gasteiger partial charge >= 0.3 is 11.9 Å². The lowest BCUT2D eigenvalue weighted by molar-refractivity contribution is -0.357. The summed E-state index contributed by atoms with van der Waals surface area (Å²) in [5.74, 6) is -3.05. The summed E-state index contributed by atoms with van der Waals surface area (Å²) in [6.45, 7) is 5.63. The summed E-state index contributed by atoms with van der Waals surface area (Å²) in [4.78, 5) is 26.5. The Bertz CT molecular complexity index is 1440. The van der Waals surface area contributed by atoms with Crippen molar-refractivity contribution >= 4 is 18.0 Å². The highest BCUT2D eigenvalue weighted by atomic mass is 16.8. The average Bonchev–Trinajstić information content (AvgIpc) is 3.89. The molecule has 5 N–H and O–H groups in total. The van der Waals surface area contributed by atoms with Crippen molar-refractivity contribution in [3.63, 3.8) is 0 Å². The number of aliphatic hydroxyl groups excluding tert-OH is 5. The highest BCUT2D eigenvalue weighted by Gasteiger charge is 2.76. The van der Waals surface area contributed by atoms with E-state index in [1.165, 1.54) is 19.9 Å². The SMILES string of the molecule is CC1COC2(CC1OC(=O)C=Cc1ccccc1)OC1CC(C(=O)OC3OC(C)C(O)C(O)C3OC3OC(C)C(O)C(O)C3O)CCC1C21CO1. The number of aliphatic hydroxyl groups is 5. The minimum atomic E-state index is -1.70. The van der Waals surface area contributed by atoms with E-state index in [1.807, 2.05) is 37.3 Å². The third-order valence-electron chi connectivity index (χ3n) is 11.4. The lowest BCUT2D eigenvalue weighted by Gasteiger charge is -2.45. The predicted molar refractivity (Wildman–Crippen MR) is 172 cm³/mol. The summed E-state index contributed by atoms with van der Waals surface area (Å²) in [7, 11) is 0. The minimum absolute atomic E-state index is 0.0722. The molecule has 7 rings (SSSR count). The van der Waals surface area contributed by atoms with Crippen molar-refractivity contribution in [3.8, 4) is 0 Å². The Balaban J connectivity index is 1.00. The van der Waals surface area contributed by atoms with Crippen LogP contribution in [0.3, 0.4) is 0 Å². The van der Waals surface area contributed by atoms with Crippen LogP contribution >= 0.6 is 0 Å². The molecule has 0 amide bonds. The van der Waals surface area contributed by atoms with Gasteiger partial charge < -0.3 is 63.4 Å². The molecular weight excluding hydrogens is 672 g/mol. The van der Waals surface area contributed by atoms with Gasteiger partial charge in [0.1, 0.15) is 36.6 Å². The Morgan fingerprint density at radius 2 is 1.53 bits per heavy atom. The third-order valence-corrected chi connectivity index (χ3v) is 11.4. The molecule has 6 fully saturated rings. The molecule has 0 aromatic heterocycles. The van der Waals surface area contributed by atoms with E-state index in [0.717, 1.165) is 5.56 Å². The molecule has 5 heterocycles. The Hall–Kier alpha value is -2.54. The van der Waals surface area contributed by atoms with Gasteiger partial charge in [0.2, 0.25) is 12.1 Å². The van der Waals surface area contributed by atoms with Crippen molar-refractivity contribution in [2.45, 2.75) is 131 Å². The summed E-state index contributed by atoms with van der Waals surface area (Å²) in [6, 6.07) is 9.45. The quantitative estimate of drug-likeness (QED) is 0.144. The van der Waals surface area contributed by atoms with Crippen molar-refractivity contribution in [2.75, 3.05) is 13.2 Å². The first-order chi connectivity index (χ1) is 24.3. The summed E-state index contributed by atoms with van der Waals surface area (Å²) in [5, 5.41) is 52.3. The molecule has 17 atom stereocenters. The van der Waals surface area contributed by atoms with Crippen molar-refractivity contribution in [1.82, 2.24) is 0 Å². The molecule has 5 aliphatic heterocycles. The summed E-state index contributed by atoms with van der Waals surface area (Å²) >= 11 is 0. The lowest BCUT2D eigenvalue weighted by Crippen LogP contribution is -2.63. The zero-order chi connectivity index (χ0) is 36.2. The second-order valence-electron chi connectivity index (χ2n) is 14.8. The first-order valence-corrected chi connectivity index (χ1v) is 17.8. The molecule has 1 aromatic rings. The van der Waals surface area contributed by atoms with Crippen molar-refractivity contribution < 1.29 is 73.0 Å². The highest BCUT2D eigenvalue weighted by molar-refractivity contribution is 5.87. The Kier molecular flexibility index (Phi) is 10.4. The molecule has 2 spiro atoms. The van der Waals surface area contributed by atoms with Gasteiger partial charge in [-0.1, -0.05) is 37.3 Å². The second kappa shape index (κ2) is 14.4. The number of carbonyl (C=O) groups excluding carboxylic acids is 2. The Morgan fingerprint density at radius 3 is 2.24 bits per heavy atom. The first-order valence-electron chi connectivity index (χ1n) is 17.8. The van der Waals surface area contributed by atoms with Crippen LogP contribution in [0.2, 0.25) is 0 Å². The van der Waals surface area contributed by atoms with Crippen molar-refractivity contribution in [3.05, 3.63) is 42.0 Å². The lowest BCUT2D eigenvalue weighted by atomic mass is 9.72. The van der Waals surface area contributed by atoms with Crippen LogP contribution in [0.5, 0.6) is 0 Å². The largest absolute Gasteiger partial charge is 0.459 e. The van der Waals surface area contributed by atoms with Crippen LogP contribution in [0, 0.1) is 17.8 Å². The molecule has 282 valence electrons. The molecule has 1 aromatic carbocycles. The zero-order valence-corrected chi connectivity index (χ0v) is 28.8. The number of hydrogen-bond acceptors (Lipinski definition) is 15. The third kappa shape index (κ3) is 6.87. The normalized spacial score (nSPS) is 48.0. The number of benzene rings is 1. The van der Waals surface area contributed by atoms with Gasteiger partial charge in [-0.3, -0.25) is 4.79 Å². The van der Waals surface area contributed by atoms with Gasteiger partial charge in [0, 0.05) is 24.3 Å². The van der Waals surface area contributed by atoms with E-state index in [0.29, 0.717) is 19.4 Å². The molecule has 0 bridgehead atoms. The predicted octanol–water partition coefficient (Wildman–Crippen LogP) is 0.171. The molecule has 15 nitrogen and oxygen atoms in total. The fraction of sp³-hybridized carbons (Fsp3) is 0.722. The molecule has 6 aliphatic rings. The van der Waals surface area contributed by atoms with Crippen LogP contribution in [0.4, 0.5) is 0 Å². The molecule has 5 saturated heterocycles. The van der Waals surface area contributed by atoms with E-state index in [4.69, 9.17) is 37.9 Å². The smallest absolute Gasteiger partial charge is 0.331 e. The van der Waals surface area contributed by atoms with Crippen molar-refractivity contribution in [1.29, 1.82) is 0 Å². The minimum Gasteiger partial charge on any atom is -0.459 e.